The van der Waals surface area contributed by atoms with Crippen LogP contribution >= 0.6 is 15.9 Å². The van der Waals surface area contributed by atoms with Gasteiger partial charge >= 0.3 is 6.03 Å². The Morgan fingerprint density at radius 1 is 1.30 bits per heavy atom. The van der Waals surface area contributed by atoms with E-state index in [4.69, 9.17) is 4.74 Å². The van der Waals surface area contributed by atoms with E-state index in [1.165, 1.54) is 0 Å². The Hall–Kier alpha value is -1.07. The van der Waals surface area contributed by atoms with E-state index in [9.17, 15) is 4.79 Å². The van der Waals surface area contributed by atoms with Gasteiger partial charge in [-0.15, -0.1) is 0 Å². The topological polar surface area (TPSA) is 41.6 Å². The Morgan fingerprint density at radius 2 is 1.85 bits per heavy atom. The molecule has 0 spiro atoms. The third-order valence-electron chi connectivity index (χ3n) is 3.42. The number of amides is 2. The summed E-state index contributed by atoms with van der Waals surface area (Å²) >= 11 is 3.41. The molecule has 1 aromatic rings. The summed E-state index contributed by atoms with van der Waals surface area (Å²) in [6.07, 6.45) is 0.181. The van der Waals surface area contributed by atoms with Gasteiger partial charge in [-0.25, -0.2) is 4.79 Å². The predicted octanol–water partition coefficient (Wildman–Crippen LogP) is 3.33. The lowest BCUT2D eigenvalue weighted by molar-refractivity contribution is -0.0547. The van der Waals surface area contributed by atoms with Gasteiger partial charge in [0.1, 0.15) is 0 Å². The molecule has 1 N–H and O–H groups in total. The molecule has 1 heterocycles. The molecule has 110 valence electrons. The normalized spacial score (nSPS) is 24.3. The van der Waals surface area contributed by atoms with E-state index in [1.807, 2.05) is 49.9 Å². The molecular weight excluding hydrogens is 320 g/mol. The van der Waals surface area contributed by atoms with Crippen LogP contribution in [0.2, 0.25) is 0 Å². The second-order valence-electron chi connectivity index (χ2n) is 5.39. The number of hydrogen-bond donors (Lipinski definition) is 1. The molecular formula is C15H21BrN2O2. The number of hydrogen-bond acceptors (Lipinski definition) is 2. The van der Waals surface area contributed by atoms with Gasteiger partial charge in [-0.1, -0.05) is 28.1 Å². The van der Waals surface area contributed by atoms with Crippen molar-refractivity contribution in [3.63, 3.8) is 0 Å². The molecule has 1 aliphatic heterocycles. The smallest absolute Gasteiger partial charge is 0.318 e. The Labute approximate surface area is 128 Å². The molecule has 2 rings (SSSR count). The average Bonchev–Trinajstić information content (AvgIpc) is 2.38. The Bertz CT molecular complexity index is 453. The van der Waals surface area contributed by atoms with Crippen LogP contribution in [0.3, 0.4) is 0 Å². The highest BCUT2D eigenvalue weighted by Crippen LogP contribution is 2.17. The van der Waals surface area contributed by atoms with Crippen LogP contribution in [-0.4, -0.2) is 36.2 Å². The molecule has 1 aliphatic rings. The van der Waals surface area contributed by atoms with Crippen LogP contribution in [0, 0.1) is 0 Å². The van der Waals surface area contributed by atoms with Gasteiger partial charge in [-0.3, -0.25) is 0 Å². The van der Waals surface area contributed by atoms with Crippen LogP contribution in [0.5, 0.6) is 0 Å². The molecule has 0 bridgehead atoms. The van der Waals surface area contributed by atoms with Crippen LogP contribution < -0.4 is 5.32 Å². The lowest BCUT2D eigenvalue weighted by Gasteiger charge is -2.35. The van der Waals surface area contributed by atoms with Crippen LogP contribution in [0.15, 0.2) is 28.7 Å². The van der Waals surface area contributed by atoms with Gasteiger partial charge in [0.2, 0.25) is 0 Å². The first-order valence-corrected chi connectivity index (χ1v) is 7.71. The number of urea groups is 1. The van der Waals surface area contributed by atoms with E-state index < -0.39 is 0 Å². The van der Waals surface area contributed by atoms with Gasteiger partial charge in [0.15, 0.2) is 0 Å². The van der Waals surface area contributed by atoms with Crippen molar-refractivity contribution in [3.05, 3.63) is 34.3 Å². The molecule has 5 heteroatoms. The molecule has 1 aromatic carbocycles. The van der Waals surface area contributed by atoms with Crippen LogP contribution in [0.25, 0.3) is 0 Å². The third-order valence-corrected chi connectivity index (χ3v) is 3.95. The van der Waals surface area contributed by atoms with E-state index >= 15 is 0 Å². The number of benzene rings is 1. The maximum Gasteiger partial charge on any atom is 0.318 e. The van der Waals surface area contributed by atoms with Gasteiger partial charge in [-0.05, 0) is 38.5 Å². The number of ether oxygens (including phenoxy) is 1. The van der Waals surface area contributed by atoms with Gasteiger partial charge < -0.3 is 15.0 Å². The number of rotatable bonds is 2. The fourth-order valence-corrected chi connectivity index (χ4v) is 2.72. The summed E-state index contributed by atoms with van der Waals surface area (Å²) in [5.74, 6) is 0. The first kappa shape index (κ1) is 15.3. The number of carbonyl (C=O) groups excluding carboxylic acids is 1. The molecule has 0 saturated carbocycles. The monoisotopic (exact) mass is 340 g/mol. The van der Waals surface area contributed by atoms with Crippen molar-refractivity contribution in [1.29, 1.82) is 0 Å². The minimum atomic E-state index is -0.0255. The van der Waals surface area contributed by atoms with Gasteiger partial charge in [0.05, 0.1) is 18.2 Å². The van der Waals surface area contributed by atoms with Crippen molar-refractivity contribution in [2.75, 3.05) is 13.1 Å². The largest absolute Gasteiger partial charge is 0.372 e. The lowest BCUT2D eigenvalue weighted by atomic mass is 10.1. The van der Waals surface area contributed by atoms with Crippen molar-refractivity contribution in [1.82, 2.24) is 10.2 Å². The van der Waals surface area contributed by atoms with Gasteiger partial charge in [-0.2, -0.15) is 0 Å². The number of carbonyl (C=O) groups is 1. The number of halogens is 1. The quantitative estimate of drug-likeness (QED) is 0.897. The molecule has 1 fully saturated rings. The van der Waals surface area contributed by atoms with Crippen molar-refractivity contribution in [2.45, 2.75) is 39.0 Å². The minimum Gasteiger partial charge on any atom is -0.372 e. The van der Waals surface area contributed by atoms with Gasteiger partial charge in [0, 0.05) is 17.6 Å². The van der Waals surface area contributed by atoms with Crippen molar-refractivity contribution in [3.8, 4) is 0 Å². The summed E-state index contributed by atoms with van der Waals surface area (Å²) in [6, 6.07) is 7.96. The molecule has 1 saturated heterocycles. The van der Waals surface area contributed by atoms with Crippen LogP contribution in [0.4, 0.5) is 4.79 Å². The van der Waals surface area contributed by atoms with E-state index in [0.717, 1.165) is 10.0 Å². The summed E-state index contributed by atoms with van der Waals surface area (Å²) in [5, 5.41) is 3.04. The summed E-state index contributed by atoms with van der Waals surface area (Å²) in [4.78, 5) is 14.1. The average molecular weight is 341 g/mol. The summed E-state index contributed by atoms with van der Waals surface area (Å²) in [5.41, 5.74) is 1.09. The SMILES string of the molecule is CC1CN(C(=O)NC(C)c2ccc(Br)cc2)CC(C)O1. The van der Waals surface area contributed by atoms with E-state index in [2.05, 4.69) is 21.2 Å². The zero-order chi connectivity index (χ0) is 14.7. The van der Waals surface area contributed by atoms with Crippen LogP contribution in [-0.2, 0) is 4.74 Å². The highest BCUT2D eigenvalue weighted by atomic mass is 79.9. The fraction of sp³-hybridized carbons (Fsp3) is 0.533. The number of nitrogens with zero attached hydrogens (tertiary/aromatic N) is 1. The van der Waals surface area contributed by atoms with E-state index in [0.29, 0.717) is 13.1 Å². The summed E-state index contributed by atoms with van der Waals surface area (Å²) < 4.78 is 6.68. The summed E-state index contributed by atoms with van der Waals surface area (Å²) in [6.45, 7) is 7.27. The van der Waals surface area contributed by atoms with Gasteiger partial charge in [0.25, 0.3) is 0 Å². The zero-order valence-corrected chi connectivity index (χ0v) is 13.7. The van der Waals surface area contributed by atoms with Crippen LogP contribution in [0.1, 0.15) is 32.4 Å². The molecule has 0 aliphatic carbocycles. The van der Waals surface area contributed by atoms with Crippen molar-refractivity contribution < 1.29 is 9.53 Å². The third kappa shape index (κ3) is 3.96. The first-order chi connectivity index (χ1) is 9.45. The number of nitrogens with one attached hydrogen (secondary N) is 1. The maximum atomic E-state index is 12.3. The second-order valence-corrected chi connectivity index (χ2v) is 6.30. The minimum absolute atomic E-state index is 0.0101. The molecule has 20 heavy (non-hydrogen) atoms. The fourth-order valence-electron chi connectivity index (χ4n) is 2.46. The van der Waals surface area contributed by atoms with E-state index in [-0.39, 0.29) is 24.3 Å². The van der Waals surface area contributed by atoms with Crippen molar-refractivity contribution >= 4 is 22.0 Å². The first-order valence-electron chi connectivity index (χ1n) is 6.92. The standard InChI is InChI=1S/C15H21BrN2O2/c1-10-8-18(9-11(2)20-10)15(19)17-12(3)13-4-6-14(16)7-5-13/h4-7,10-12H,8-9H2,1-3H3,(H,17,19). The zero-order valence-electron chi connectivity index (χ0n) is 12.1. The van der Waals surface area contributed by atoms with E-state index in [1.54, 1.807) is 0 Å². The Kier molecular flexibility index (Phi) is 5.05. The number of morpholine rings is 1. The molecule has 3 atom stereocenters. The molecule has 0 radical (unpaired) electrons. The molecule has 0 aromatic heterocycles. The predicted molar refractivity (Wildman–Crippen MR) is 82.7 cm³/mol. The molecule has 4 nitrogen and oxygen atoms in total. The molecule has 2 amide bonds. The molecule has 3 unspecified atom stereocenters. The van der Waals surface area contributed by atoms with Crippen molar-refractivity contribution in [2.24, 2.45) is 0 Å². The highest BCUT2D eigenvalue weighted by molar-refractivity contribution is 9.10. The Balaban J connectivity index is 1.95. The Morgan fingerprint density at radius 3 is 2.40 bits per heavy atom. The summed E-state index contributed by atoms with van der Waals surface area (Å²) in [7, 11) is 0. The maximum absolute atomic E-state index is 12.3. The second kappa shape index (κ2) is 6.59. The highest BCUT2D eigenvalue weighted by Gasteiger charge is 2.26. The lowest BCUT2D eigenvalue weighted by Crippen LogP contribution is -2.52.